The number of halogens is 1. The van der Waals surface area contributed by atoms with E-state index in [9.17, 15) is 9.18 Å². The van der Waals surface area contributed by atoms with Gasteiger partial charge in [-0.15, -0.1) is 0 Å². The van der Waals surface area contributed by atoms with Crippen LogP contribution in [-0.2, 0) is 0 Å². The molecule has 0 radical (unpaired) electrons. The Morgan fingerprint density at radius 3 is 2.63 bits per heavy atom. The molecule has 1 aliphatic rings. The minimum Gasteiger partial charge on any atom is -0.336 e. The van der Waals surface area contributed by atoms with E-state index in [4.69, 9.17) is 0 Å². The van der Waals surface area contributed by atoms with E-state index in [-0.39, 0.29) is 17.7 Å². The van der Waals surface area contributed by atoms with Crippen LogP contribution in [0.25, 0.3) is 10.9 Å². The molecule has 1 fully saturated rings. The van der Waals surface area contributed by atoms with Crippen molar-refractivity contribution in [1.82, 2.24) is 30.0 Å². The summed E-state index contributed by atoms with van der Waals surface area (Å²) >= 11 is 0. The van der Waals surface area contributed by atoms with Gasteiger partial charge in [-0.2, -0.15) is 10.1 Å². The minimum absolute atomic E-state index is 0.0250. The van der Waals surface area contributed by atoms with E-state index in [1.165, 1.54) is 0 Å². The van der Waals surface area contributed by atoms with Gasteiger partial charge in [-0.25, -0.2) is 9.37 Å². The maximum Gasteiger partial charge on any atom is 0.253 e. The highest BCUT2D eigenvalue weighted by Crippen LogP contribution is 2.32. The van der Waals surface area contributed by atoms with Crippen LogP contribution >= 0.6 is 0 Å². The summed E-state index contributed by atoms with van der Waals surface area (Å²) in [5.41, 5.74) is 3.00. The fourth-order valence-electron chi connectivity index (χ4n) is 4.25. The van der Waals surface area contributed by atoms with Gasteiger partial charge >= 0.3 is 0 Å². The van der Waals surface area contributed by atoms with Gasteiger partial charge in [-0.05, 0) is 50.4 Å². The van der Waals surface area contributed by atoms with Crippen molar-refractivity contribution in [2.24, 2.45) is 0 Å². The standard InChI is InChI=1S/C25H27FN8O/c1-3-34(22-6-4-5-21-19(22)15-28-31-21)23-20(26)16-27-25(30-23)29-18-9-7-17(8-10-18)24(35)33-13-11-32(2)12-14-33/h4-10,15-16H,3,11-14H2,1-2H3,(H,28,31)(H,27,29,30). The molecule has 2 N–H and O–H groups in total. The van der Waals surface area contributed by atoms with Crippen molar-refractivity contribution in [1.29, 1.82) is 0 Å². The third kappa shape index (κ3) is 4.65. The summed E-state index contributed by atoms with van der Waals surface area (Å²) in [6, 6.07) is 12.9. The lowest BCUT2D eigenvalue weighted by atomic mass is 10.1. The molecule has 0 spiro atoms. The zero-order valence-electron chi connectivity index (χ0n) is 19.7. The Morgan fingerprint density at radius 2 is 1.89 bits per heavy atom. The molecule has 2 aromatic heterocycles. The number of hydrogen-bond donors (Lipinski definition) is 2. The molecule has 10 heteroatoms. The number of carbonyl (C=O) groups is 1. The van der Waals surface area contributed by atoms with E-state index in [0.29, 0.717) is 17.8 Å². The van der Waals surface area contributed by atoms with E-state index >= 15 is 0 Å². The number of amides is 1. The van der Waals surface area contributed by atoms with Crippen molar-refractivity contribution in [2.75, 3.05) is 50.0 Å². The summed E-state index contributed by atoms with van der Waals surface area (Å²) in [5.74, 6) is -0.0686. The summed E-state index contributed by atoms with van der Waals surface area (Å²) < 4.78 is 14.8. The number of nitrogens with zero attached hydrogens (tertiary/aromatic N) is 6. The smallest absolute Gasteiger partial charge is 0.253 e. The molecule has 1 amide bonds. The number of carbonyl (C=O) groups excluding carboxylic acids is 1. The molecule has 4 aromatic rings. The molecular weight excluding hydrogens is 447 g/mol. The van der Waals surface area contributed by atoms with E-state index in [1.807, 2.05) is 30.0 Å². The number of rotatable bonds is 6. The average Bonchev–Trinajstić information content (AvgIpc) is 3.37. The Morgan fingerprint density at radius 1 is 1.11 bits per heavy atom. The molecule has 3 heterocycles. The number of piperazine rings is 1. The maximum absolute atomic E-state index is 14.8. The molecule has 0 unspecified atom stereocenters. The minimum atomic E-state index is -0.522. The monoisotopic (exact) mass is 474 g/mol. The summed E-state index contributed by atoms with van der Waals surface area (Å²) in [6.07, 6.45) is 2.88. The third-order valence-corrected chi connectivity index (χ3v) is 6.23. The number of aromatic nitrogens is 4. The number of anilines is 4. The fraction of sp³-hybridized carbons (Fsp3) is 0.280. The van der Waals surface area contributed by atoms with Crippen LogP contribution in [-0.4, -0.2) is 75.6 Å². The van der Waals surface area contributed by atoms with Crippen LogP contribution in [0.2, 0.25) is 0 Å². The third-order valence-electron chi connectivity index (χ3n) is 6.23. The molecule has 9 nitrogen and oxygen atoms in total. The zero-order valence-corrected chi connectivity index (χ0v) is 19.7. The lowest BCUT2D eigenvalue weighted by Crippen LogP contribution is -2.47. The van der Waals surface area contributed by atoms with E-state index < -0.39 is 5.82 Å². The first-order chi connectivity index (χ1) is 17.0. The van der Waals surface area contributed by atoms with Crippen LogP contribution < -0.4 is 10.2 Å². The molecule has 1 saturated heterocycles. The second-order valence-electron chi connectivity index (χ2n) is 8.52. The van der Waals surface area contributed by atoms with Crippen molar-refractivity contribution in [3.05, 3.63) is 66.2 Å². The SMILES string of the molecule is CCN(c1nc(Nc2ccc(C(=O)N3CCN(C)CC3)cc2)ncc1F)c1cccc2[nH]ncc12. The zero-order chi connectivity index (χ0) is 24.4. The van der Waals surface area contributed by atoms with Gasteiger partial charge in [0.05, 0.1) is 23.6 Å². The lowest BCUT2D eigenvalue weighted by molar-refractivity contribution is 0.0664. The van der Waals surface area contributed by atoms with Gasteiger partial charge in [0.1, 0.15) is 0 Å². The highest BCUT2D eigenvalue weighted by atomic mass is 19.1. The first-order valence-electron chi connectivity index (χ1n) is 11.6. The van der Waals surface area contributed by atoms with E-state index in [2.05, 4.69) is 37.4 Å². The van der Waals surface area contributed by atoms with Crippen molar-refractivity contribution < 1.29 is 9.18 Å². The molecule has 0 aliphatic carbocycles. The van der Waals surface area contributed by atoms with Gasteiger partial charge in [0.2, 0.25) is 5.95 Å². The second kappa shape index (κ2) is 9.67. The summed E-state index contributed by atoms with van der Waals surface area (Å²) in [4.78, 5) is 27.2. The predicted molar refractivity (Wildman–Crippen MR) is 134 cm³/mol. The molecule has 35 heavy (non-hydrogen) atoms. The first kappa shape index (κ1) is 22.7. The van der Waals surface area contributed by atoms with Crippen LogP contribution in [0.4, 0.5) is 27.5 Å². The highest BCUT2D eigenvalue weighted by molar-refractivity contribution is 5.95. The first-order valence-corrected chi connectivity index (χ1v) is 11.6. The van der Waals surface area contributed by atoms with Crippen molar-refractivity contribution in [3.8, 4) is 0 Å². The maximum atomic E-state index is 14.8. The molecule has 0 atom stereocenters. The van der Waals surface area contributed by atoms with E-state index in [0.717, 1.165) is 49.0 Å². The normalized spacial score (nSPS) is 14.3. The number of nitrogens with one attached hydrogen (secondary N) is 2. The Hall–Kier alpha value is -4.05. The van der Waals surface area contributed by atoms with Crippen molar-refractivity contribution in [2.45, 2.75) is 6.92 Å². The van der Waals surface area contributed by atoms with Crippen molar-refractivity contribution in [3.63, 3.8) is 0 Å². The summed E-state index contributed by atoms with van der Waals surface area (Å²) in [5, 5.41) is 11.0. The molecule has 2 aromatic carbocycles. The molecular formula is C25H27FN8O. The average molecular weight is 475 g/mol. The Balaban J connectivity index is 1.35. The van der Waals surface area contributed by atoms with Gasteiger partial charge < -0.3 is 20.0 Å². The van der Waals surface area contributed by atoms with Gasteiger partial charge in [-0.1, -0.05) is 6.07 Å². The largest absolute Gasteiger partial charge is 0.336 e. The summed E-state index contributed by atoms with van der Waals surface area (Å²) in [6.45, 7) is 5.63. The number of aromatic amines is 1. The van der Waals surface area contributed by atoms with Crippen LogP contribution in [0.15, 0.2) is 54.9 Å². The quantitative estimate of drug-likeness (QED) is 0.439. The Labute approximate surface area is 202 Å². The molecule has 0 bridgehead atoms. The second-order valence-corrected chi connectivity index (χ2v) is 8.52. The fourth-order valence-corrected chi connectivity index (χ4v) is 4.25. The van der Waals surface area contributed by atoms with Crippen LogP contribution in [0, 0.1) is 5.82 Å². The number of likely N-dealkylation sites (N-methyl/N-ethyl adjacent to an activating group) is 1. The molecule has 0 saturated carbocycles. The van der Waals surface area contributed by atoms with Gasteiger partial charge in [0, 0.05) is 49.4 Å². The summed E-state index contributed by atoms with van der Waals surface area (Å²) in [7, 11) is 2.06. The number of hydrogen-bond acceptors (Lipinski definition) is 7. The molecule has 1 aliphatic heterocycles. The van der Waals surface area contributed by atoms with Crippen molar-refractivity contribution >= 4 is 40.0 Å². The lowest BCUT2D eigenvalue weighted by Gasteiger charge is -2.32. The molecule has 5 rings (SSSR count). The number of H-pyrrole nitrogens is 1. The molecule has 180 valence electrons. The highest BCUT2D eigenvalue weighted by Gasteiger charge is 2.21. The van der Waals surface area contributed by atoms with Gasteiger partial charge in [-0.3, -0.25) is 9.89 Å². The Kier molecular flexibility index (Phi) is 6.28. The topological polar surface area (TPSA) is 93.3 Å². The van der Waals surface area contributed by atoms with E-state index in [1.54, 1.807) is 35.4 Å². The van der Waals surface area contributed by atoms with Gasteiger partial charge in [0.15, 0.2) is 11.6 Å². The number of benzene rings is 2. The van der Waals surface area contributed by atoms with Crippen LogP contribution in [0.3, 0.4) is 0 Å². The van der Waals surface area contributed by atoms with Crippen LogP contribution in [0.5, 0.6) is 0 Å². The predicted octanol–water partition coefficient (Wildman–Crippen LogP) is 3.78. The number of fused-ring (bicyclic) bond motifs is 1. The Bertz CT molecular complexity index is 1330. The van der Waals surface area contributed by atoms with Crippen LogP contribution in [0.1, 0.15) is 17.3 Å². The van der Waals surface area contributed by atoms with Gasteiger partial charge in [0.25, 0.3) is 5.91 Å².